The second-order valence-electron chi connectivity index (χ2n) is 6.06. The van der Waals surface area contributed by atoms with Gasteiger partial charge in [-0.05, 0) is 40.2 Å². The quantitative estimate of drug-likeness (QED) is 0.577. The number of amides is 1. The van der Waals surface area contributed by atoms with Gasteiger partial charge in [-0.2, -0.15) is 0 Å². The van der Waals surface area contributed by atoms with E-state index in [1.165, 1.54) is 31.6 Å². The molecule has 3 aromatic rings. The number of aromatic amines is 1. The minimum atomic E-state index is -3.88. The number of likely N-dealkylation sites (N-methyl/N-ethyl adjacent to an activating group) is 1. The highest BCUT2D eigenvalue weighted by atomic mass is 79.9. The van der Waals surface area contributed by atoms with E-state index in [4.69, 9.17) is 4.74 Å². The molecule has 0 saturated carbocycles. The van der Waals surface area contributed by atoms with Crippen LogP contribution in [0.15, 0.2) is 57.0 Å². The summed E-state index contributed by atoms with van der Waals surface area (Å²) in [5, 5.41) is 4.80. The molecule has 0 radical (unpaired) electrons. The van der Waals surface area contributed by atoms with Crippen LogP contribution in [0.3, 0.4) is 0 Å². The van der Waals surface area contributed by atoms with Crippen molar-refractivity contribution in [3.63, 3.8) is 0 Å². The molecule has 0 bridgehead atoms. The van der Waals surface area contributed by atoms with Gasteiger partial charge in [0, 0.05) is 18.0 Å². The maximum atomic E-state index is 13.0. The van der Waals surface area contributed by atoms with Gasteiger partial charge in [0.15, 0.2) is 16.6 Å². The highest BCUT2D eigenvalue weighted by Gasteiger charge is 2.38. The van der Waals surface area contributed by atoms with Crippen molar-refractivity contribution in [3.8, 4) is 11.4 Å². The summed E-state index contributed by atoms with van der Waals surface area (Å²) in [6.45, 7) is 0. The van der Waals surface area contributed by atoms with Gasteiger partial charge in [0.2, 0.25) is 0 Å². The van der Waals surface area contributed by atoms with Crippen LogP contribution in [-0.2, 0) is 19.6 Å². The average Bonchev–Trinajstić information content (AvgIpc) is 3.33. The highest BCUT2D eigenvalue weighted by Crippen LogP contribution is 2.36. The molecule has 0 fully saturated rings. The molecule has 1 aliphatic heterocycles. The number of rotatable bonds is 4. The fourth-order valence-corrected chi connectivity index (χ4v) is 5.44. The molecule has 8 nitrogen and oxygen atoms in total. The lowest BCUT2D eigenvalue weighted by Crippen LogP contribution is -2.37. The third kappa shape index (κ3) is 3.34. The second-order valence-corrected chi connectivity index (χ2v) is 9.71. The fraction of sp³-hybridized carbons (Fsp3) is 0.111. The zero-order valence-electron chi connectivity index (χ0n) is 15.3. The number of thiazole rings is 1. The number of nitrogens with zero attached hydrogens (tertiary/aromatic N) is 2. The number of sulfonamides is 1. The summed E-state index contributed by atoms with van der Waals surface area (Å²) < 4.78 is 32.9. The van der Waals surface area contributed by atoms with Crippen molar-refractivity contribution in [2.45, 2.75) is 4.90 Å². The topological polar surface area (TPSA) is 104 Å². The van der Waals surface area contributed by atoms with Crippen molar-refractivity contribution in [3.05, 3.63) is 57.6 Å². The first kappa shape index (κ1) is 19.7. The molecular formula is C18H15BrN4O4S2. The SMILES string of the molecule is COC1=C(C(=O)Nc2nc(-c3ccc(Br)[nH]3)cs2)N(C)S(=O)(=O)c2ccccc21. The molecule has 0 saturated heterocycles. The van der Waals surface area contributed by atoms with Gasteiger partial charge in [-0.25, -0.2) is 13.4 Å². The molecule has 2 N–H and O–H groups in total. The van der Waals surface area contributed by atoms with E-state index in [0.29, 0.717) is 16.4 Å². The van der Waals surface area contributed by atoms with Crippen LogP contribution in [-0.4, -0.2) is 42.8 Å². The molecule has 0 aliphatic carbocycles. The van der Waals surface area contributed by atoms with Crippen molar-refractivity contribution in [1.29, 1.82) is 0 Å². The molecule has 150 valence electrons. The lowest BCUT2D eigenvalue weighted by Gasteiger charge is -2.29. The van der Waals surface area contributed by atoms with E-state index in [0.717, 1.165) is 14.6 Å². The van der Waals surface area contributed by atoms with Gasteiger partial charge in [0.25, 0.3) is 15.9 Å². The number of aromatic nitrogens is 2. The van der Waals surface area contributed by atoms with Crippen LogP contribution < -0.4 is 5.32 Å². The average molecular weight is 495 g/mol. The van der Waals surface area contributed by atoms with Gasteiger partial charge < -0.3 is 9.72 Å². The number of nitrogens with one attached hydrogen (secondary N) is 2. The Morgan fingerprint density at radius 2 is 2.03 bits per heavy atom. The Morgan fingerprint density at radius 1 is 1.28 bits per heavy atom. The lowest BCUT2D eigenvalue weighted by molar-refractivity contribution is -0.113. The first-order chi connectivity index (χ1) is 13.8. The number of hydrogen-bond donors (Lipinski definition) is 2. The predicted molar refractivity (Wildman–Crippen MR) is 114 cm³/mol. The standard InChI is InChI=1S/C18H15BrN4O4S2/c1-23-15(16(27-2)10-5-3-4-6-13(10)29(23,25)26)17(24)22-18-21-12(9-28-18)11-7-8-14(19)20-11/h3-9,20H,1-2H3,(H,21,22,24). The van der Waals surface area contributed by atoms with Crippen LogP contribution in [0.2, 0.25) is 0 Å². The summed E-state index contributed by atoms with van der Waals surface area (Å²) in [4.78, 5) is 20.6. The van der Waals surface area contributed by atoms with Crippen molar-refractivity contribution in [2.75, 3.05) is 19.5 Å². The van der Waals surface area contributed by atoms with Crippen molar-refractivity contribution >= 4 is 54.1 Å². The summed E-state index contributed by atoms with van der Waals surface area (Å²) in [6.07, 6.45) is 0. The Bertz CT molecular complexity index is 1250. The molecule has 0 spiro atoms. The van der Waals surface area contributed by atoms with Gasteiger partial charge in [0.1, 0.15) is 0 Å². The smallest absolute Gasteiger partial charge is 0.278 e. The molecule has 29 heavy (non-hydrogen) atoms. The number of hydrogen-bond acceptors (Lipinski definition) is 6. The highest BCUT2D eigenvalue weighted by molar-refractivity contribution is 9.10. The summed E-state index contributed by atoms with van der Waals surface area (Å²) >= 11 is 4.57. The second kappa shape index (κ2) is 7.32. The van der Waals surface area contributed by atoms with E-state index in [1.807, 2.05) is 12.1 Å². The molecule has 1 aromatic carbocycles. The number of halogens is 1. The molecule has 2 aromatic heterocycles. The largest absolute Gasteiger partial charge is 0.494 e. The van der Waals surface area contributed by atoms with Crippen molar-refractivity contribution in [2.24, 2.45) is 0 Å². The lowest BCUT2D eigenvalue weighted by atomic mass is 10.1. The maximum absolute atomic E-state index is 13.0. The van der Waals surface area contributed by atoms with Gasteiger partial charge in [-0.1, -0.05) is 12.1 Å². The van der Waals surface area contributed by atoms with Gasteiger partial charge in [0.05, 0.1) is 28.0 Å². The number of anilines is 1. The van der Waals surface area contributed by atoms with Crippen LogP contribution in [0, 0.1) is 0 Å². The summed E-state index contributed by atoms with van der Waals surface area (Å²) in [6, 6.07) is 10.1. The Kier molecular flexibility index (Phi) is 4.97. The Balaban J connectivity index is 1.71. The molecule has 3 heterocycles. The van der Waals surface area contributed by atoms with Crippen LogP contribution in [0.1, 0.15) is 5.56 Å². The summed E-state index contributed by atoms with van der Waals surface area (Å²) in [7, 11) is -1.16. The van der Waals surface area contributed by atoms with Crippen LogP contribution in [0.5, 0.6) is 0 Å². The van der Waals surface area contributed by atoms with Crippen LogP contribution >= 0.6 is 27.3 Å². The van der Waals surface area contributed by atoms with E-state index in [-0.39, 0.29) is 16.4 Å². The Morgan fingerprint density at radius 3 is 2.72 bits per heavy atom. The summed E-state index contributed by atoms with van der Waals surface area (Å²) in [5.74, 6) is -0.448. The number of H-pyrrole nitrogens is 1. The number of benzene rings is 1. The minimum absolute atomic E-state index is 0.0877. The Labute approximate surface area is 179 Å². The van der Waals surface area contributed by atoms with E-state index < -0.39 is 15.9 Å². The predicted octanol–water partition coefficient (Wildman–Crippen LogP) is 3.49. The number of fused-ring (bicyclic) bond motifs is 1. The fourth-order valence-electron chi connectivity index (χ4n) is 3.00. The zero-order valence-corrected chi connectivity index (χ0v) is 18.5. The van der Waals surface area contributed by atoms with Crippen LogP contribution in [0.25, 0.3) is 17.1 Å². The minimum Gasteiger partial charge on any atom is -0.494 e. The normalized spacial score (nSPS) is 15.2. The first-order valence-electron chi connectivity index (χ1n) is 8.31. The molecular weight excluding hydrogens is 480 g/mol. The van der Waals surface area contributed by atoms with Gasteiger partial charge in [-0.3, -0.25) is 14.4 Å². The van der Waals surface area contributed by atoms with E-state index >= 15 is 0 Å². The molecule has 11 heteroatoms. The maximum Gasteiger partial charge on any atom is 0.278 e. The molecule has 4 rings (SSSR count). The van der Waals surface area contributed by atoms with E-state index in [1.54, 1.807) is 23.6 Å². The van der Waals surface area contributed by atoms with E-state index in [2.05, 4.69) is 31.2 Å². The molecule has 0 unspecified atom stereocenters. The molecule has 1 aliphatic rings. The third-order valence-corrected chi connectivity index (χ3v) is 7.41. The zero-order chi connectivity index (χ0) is 20.8. The van der Waals surface area contributed by atoms with Crippen molar-refractivity contribution < 1.29 is 17.9 Å². The Hall–Kier alpha value is -2.63. The number of methoxy groups -OCH3 is 1. The van der Waals surface area contributed by atoms with Gasteiger partial charge >= 0.3 is 0 Å². The van der Waals surface area contributed by atoms with Crippen LogP contribution in [0.4, 0.5) is 5.13 Å². The summed E-state index contributed by atoms with van der Waals surface area (Å²) in [5.41, 5.74) is 1.68. The van der Waals surface area contributed by atoms with Crippen molar-refractivity contribution in [1.82, 2.24) is 14.3 Å². The molecule has 1 amide bonds. The third-order valence-electron chi connectivity index (χ3n) is 4.37. The number of carbonyl (C=O) groups is 1. The first-order valence-corrected chi connectivity index (χ1v) is 11.4. The monoisotopic (exact) mass is 494 g/mol. The molecule has 0 atom stereocenters. The number of carbonyl (C=O) groups excluding carboxylic acids is 1. The van der Waals surface area contributed by atoms with E-state index in [9.17, 15) is 13.2 Å². The van der Waals surface area contributed by atoms with Gasteiger partial charge in [-0.15, -0.1) is 11.3 Å². The number of ether oxygens (including phenoxy) is 1.